The number of nitrogens with one attached hydrogen (secondary N) is 2. The monoisotopic (exact) mass is 410 g/mol. The van der Waals surface area contributed by atoms with Gasteiger partial charge in [0, 0.05) is 17.7 Å². The Labute approximate surface area is 174 Å². The van der Waals surface area contributed by atoms with Crippen molar-refractivity contribution < 1.29 is 14.4 Å². The number of hydrogen-bond donors (Lipinski definition) is 2. The van der Waals surface area contributed by atoms with E-state index in [0.29, 0.717) is 35.4 Å². The largest absolute Gasteiger partial charge is 0.344 e. The van der Waals surface area contributed by atoms with Crippen LogP contribution in [0, 0.1) is 0 Å². The van der Waals surface area contributed by atoms with E-state index in [4.69, 9.17) is 4.98 Å². The van der Waals surface area contributed by atoms with Crippen LogP contribution < -0.4 is 10.7 Å². The average molecular weight is 410 g/mol. The van der Waals surface area contributed by atoms with Gasteiger partial charge in [0.1, 0.15) is 5.54 Å². The van der Waals surface area contributed by atoms with Crippen LogP contribution in [0.3, 0.4) is 0 Å². The van der Waals surface area contributed by atoms with Gasteiger partial charge < -0.3 is 5.32 Å². The Morgan fingerprint density at radius 3 is 2.63 bits per heavy atom. The minimum absolute atomic E-state index is 0.0949. The number of amides is 4. The first-order chi connectivity index (χ1) is 14.4. The van der Waals surface area contributed by atoms with Gasteiger partial charge in [0.25, 0.3) is 11.8 Å². The van der Waals surface area contributed by atoms with Crippen LogP contribution in [0.2, 0.25) is 0 Å². The number of urea groups is 1. The van der Waals surface area contributed by atoms with Crippen LogP contribution in [-0.4, -0.2) is 43.2 Å². The van der Waals surface area contributed by atoms with Crippen LogP contribution in [0.1, 0.15) is 86.8 Å². The second-order valence-corrected chi connectivity index (χ2v) is 8.94. The molecular weight excluding hydrogens is 384 g/mol. The molecule has 3 heterocycles. The van der Waals surface area contributed by atoms with E-state index in [1.807, 2.05) is 13.8 Å². The number of nitrogens with zero attached hydrogens (tertiary/aromatic N) is 4. The van der Waals surface area contributed by atoms with Crippen LogP contribution in [0.25, 0.3) is 11.0 Å². The number of carbonyl (C=O) groups excluding carboxylic acids is 3. The number of aromatic nitrogens is 3. The molecule has 2 aromatic heterocycles. The topological polar surface area (TPSA) is 109 Å². The number of hydrazine groups is 1. The molecule has 2 saturated carbocycles. The van der Waals surface area contributed by atoms with Crippen molar-refractivity contribution in [1.82, 2.24) is 30.5 Å². The average Bonchev–Trinajstić information content (AvgIpc) is 3.45. The highest BCUT2D eigenvalue weighted by Gasteiger charge is 2.52. The first-order valence-electron chi connectivity index (χ1n) is 10.8. The summed E-state index contributed by atoms with van der Waals surface area (Å²) >= 11 is 0. The van der Waals surface area contributed by atoms with Crippen LogP contribution in [0.4, 0.5) is 4.79 Å². The Hall–Kier alpha value is -2.97. The van der Waals surface area contributed by atoms with Gasteiger partial charge in [0.05, 0.1) is 17.1 Å². The first kappa shape index (κ1) is 19.0. The maximum Gasteiger partial charge on any atom is 0.344 e. The second-order valence-electron chi connectivity index (χ2n) is 8.94. The van der Waals surface area contributed by atoms with Gasteiger partial charge >= 0.3 is 6.03 Å². The molecule has 158 valence electrons. The predicted octanol–water partition coefficient (Wildman–Crippen LogP) is 2.79. The van der Waals surface area contributed by atoms with Crippen molar-refractivity contribution in [2.75, 3.05) is 0 Å². The highest BCUT2D eigenvalue weighted by Crippen LogP contribution is 2.40. The highest BCUT2D eigenvalue weighted by molar-refractivity contribution is 6.11. The molecular formula is C21H26N6O3. The van der Waals surface area contributed by atoms with E-state index in [2.05, 4.69) is 15.8 Å². The van der Waals surface area contributed by atoms with Crippen molar-refractivity contribution in [3.8, 4) is 0 Å². The lowest BCUT2D eigenvalue weighted by molar-refractivity contribution is -0.134. The lowest BCUT2D eigenvalue weighted by Gasteiger charge is -2.30. The zero-order valence-electron chi connectivity index (χ0n) is 17.3. The quantitative estimate of drug-likeness (QED) is 0.754. The summed E-state index contributed by atoms with van der Waals surface area (Å²) in [7, 11) is 0. The first-order valence-corrected chi connectivity index (χ1v) is 10.8. The Morgan fingerprint density at radius 1 is 1.23 bits per heavy atom. The van der Waals surface area contributed by atoms with Gasteiger partial charge in [-0.3, -0.25) is 15.0 Å². The molecule has 2 N–H and O–H groups in total. The third-order valence-corrected chi connectivity index (χ3v) is 6.40. The fraction of sp³-hybridized carbons (Fsp3) is 0.571. The van der Waals surface area contributed by atoms with E-state index >= 15 is 0 Å². The van der Waals surface area contributed by atoms with Crippen molar-refractivity contribution in [1.29, 1.82) is 0 Å². The lowest BCUT2D eigenvalue weighted by Crippen LogP contribution is -2.51. The van der Waals surface area contributed by atoms with E-state index < -0.39 is 17.5 Å². The number of rotatable bonds is 4. The fourth-order valence-electron chi connectivity index (χ4n) is 4.57. The Balaban J connectivity index is 1.48. The summed E-state index contributed by atoms with van der Waals surface area (Å²) in [6.45, 7) is 4.02. The number of imide groups is 1. The van der Waals surface area contributed by atoms with Crippen LogP contribution in [0.5, 0.6) is 0 Å². The number of hydrogen-bond acceptors (Lipinski definition) is 5. The standard InChI is InChI=1S/C21H26N6O3/c1-12(2)26-17-15(11-22-26)14(10-16(23-17)13-6-7-13)18(28)25-27-19(29)21(24-20(27)30)8-4-3-5-9-21/h10-13H,3-9H2,1-2H3,(H,24,30)(H,25,28). The van der Waals surface area contributed by atoms with Gasteiger partial charge in [0.15, 0.2) is 5.65 Å². The molecule has 2 aliphatic carbocycles. The van der Waals surface area contributed by atoms with Gasteiger partial charge in [-0.1, -0.05) is 19.3 Å². The lowest BCUT2D eigenvalue weighted by atomic mass is 9.82. The molecule has 3 fully saturated rings. The molecule has 1 saturated heterocycles. The smallest absolute Gasteiger partial charge is 0.322 e. The maximum absolute atomic E-state index is 13.2. The third-order valence-electron chi connectivity index (χ3n) is 6.40. The third kappa shape index (κ3) is 2.95. The number of carbonyl (C=O) groups is 3. The number of fused-ring (bicyclic) bond motifs is 1. The van der Waals surface area contributed by atoms with Crippen molar-refractivity contribution >= 4 is 28.9 Å². The van der Waals surface area contributed by atoms with Gasteiger partial charge in [-0.05, 0) is 45.6 Å². The Kier molecular flexibility index (Phi) is 4.30. The van der Waals surface area contributed by atoms with E-state index in [1.54, 1.807) is 16.9 Å². The van der Waals surface area contributed by atoms with E-state index in [-0.39, 0.29) is 11.9 Å². The van der Waals surface area contributed by atoms with Crippen LogP contribution >= 0.6 is 0 Å². The van der Waals surface area contributed by atoms with Gasteiger partial charge in [-0.15, -0.1) is 0 Å². The predicted molar refractivity (Wildman–Crippen MR) is 109 cm³/mol. The number of pyridine rings is 1. The molecule has 3 aliphatic rings. The summed E-state index contributed by atoms with van der Waals surface area (Å²) in [6.07, 6.45) is 7.76. The van der Waals surface area contributed by atoms with Crippen LogP contribution in [0.15, 0.2) is 12.3 Å². The molecule has 1 spiro atoms. The molecule has 30 heavy (non-hydrogen) atoms. The van der Waals surface area contributed by atoms with Crippen molar-refractivity contribution in [3.63, 3.8) is 0 Å². The van der Waals surface area contributed by atoms with Crippen molar-refractivity contribution in [2.45, 2.75) is 76.3 Å². The molecule has 0 radical (unpaired) electrons. The minimum atomic E-state index is -0.877. The molecule has 9 nitrogen and oxygen atoms in total. The van der Waals surface area contributed by atoms with Crippen molar-refractivity contribution in [3.05, 3.63) is 23.5 Å². The molecule has 9 heteroatoms. The molecule has 0 unspecified atom stereocenters. The van der Waals surface area contributed by atoms with E-state index in [0.717, 1.165) is 42.8 Å². The minimum Gasteiger partial charge on any atom is -0.322 e. The zero-order chi connectivity index (χ0) is 21.0. The van der Waals surface area contributed by atoms with Crippen LogP contribution in [-0.2, 0) is 4.79 Å². The van der Waals surface area contributed by atoms with Crippen molar-refractivity contribution in [2.24, 2.45) is 0 Å². The fourth-order valence-corrected chi connectivity index (χ4v) is 4.57. The molecule has 5 rings (SSSR count). The van der Waals surface area contributed by atoms with Gasteiger partial charge in [-0.25, -0.2) is 14.5 Å². The highest BCUT2D eigenvalue weighted by atomic mass is 16.2. The maximum atomic E-state index is 13.2. The summed E-state index contributed by atoms with van der Waals surface area (Å²) < 4.78 is 1.79. The van der Waals surface area contributed by atoms with Gasteiger partial charge in [0.2, 0.25) is 0 Å². The molecule has 4 amide bonds. The second kappa shape index (κ2) is 6.78. The van der Waals surface area contributed by atoms with E-state index in [1.165, 1.54) is 0 Å². The summed E-state index contributed by atoms with van der Waals surface area (Å²) in [6, 6.07) is 1.30. The summed E-state index contributed by atoms with van der Waals surface area (Å²) in [4.78, 5) is 43.5. The molecule has 0 bridgehead atoms. The molecule has 1 aliphatic heterocycles. The summed E-state index contributed by atoms with van der Waals surface area (Å²) in [5.41, 5.74) is 3.57. The zero-order valence-corrected chi connectivity index (χ0v) is 17.3. The van der Waals surface area contributed by atoms with Gasteiger partial charge in [-0.2, -0.15) is 10.1 Å². The Morgan fingerprint density at radius 2 is 1.97 bits per heavy atom. The SMILES string of the molecule is CC(C)n1ncc2c(C(=O)NN3C(=O)NC4(CCCCC4)C3=O)cc(C3CC3)nc21. The summed E-state index contributed by atoms with van der Waals surface area (Å²) in [5.74, 6) is -0.520. The molecule has 0 atom stereocenters. The molecule has 0 aromatic carbocycles. The Bertz CT molecular complexity index is 1050. The van der Waals surface area contributed by atoms with E-state index in [9.17, 15) is 14.4 Å². The summed E-state index contributed by atoms with van der Waals surface area (Å²) in [5, 5.41) is 8.69. The molecule has 2 aromatic rings. The normalized spacial score (nSPS) is 21.0.